The van der Waals surface area contributed by atoms with E-state index < -0.39 is 12.0 Å². The summed E-state index contributed by atoms with van der Waals surface area (Å²) in [6, 6.07) is 4.26. The number of nitrogens with zero attached hydrogens (tertiary/aromatic N) is 1. The molecule has 0 bridgehead atoms. The van der Waals surface area contributed by atoms with Crippen LogP contribution in [0.1, 0.15) is 25.5 Å². The number of carbonyl (C=O) groups is 1. The molecule has 1 aliphatic rings. The summed E-state index contributed by atoms with van der Waals surface area (Å²) < 4.78 is 10.2. The van der Waals surface area contributed by atoms with Crippen molar-refractivity contribution in [3.8, 4) is 11.5 Å². The Morgan fingerprint density at radius 1 is 1.52 bits per heavy atom. The largest absolute Gasteiger partial charge is 0.504 e. The van der Waals surface area contributed by atoms with E-state index in [1.54, 1.807) is 26.0 Å². The van der Waals surface area contributed by atoms with Crippen LogP contribution in [-0.2, 0) is 9.53 Å². The van der Waals surface area contributed by atoms with Crippen LogP contribution in [0.5, 0.6) is 11.5 Å². The third-order valence-electron chi connectivity index (χ3n) is 3.56. The average molecular weight is 337 g/mol. The highest BCUT2D eigenvalue weighted by Crippen LogP contribution is 2.34. The van der Waals surface area contributed by atoms with Crippen molar-refractivity contribution < 1.29 is 19.4 Å². The number of benzene rings is 1. The van der Waals surface area contributed by atoms with Gasteiger partial charge in [0.15, 0.2) is 16.6 Å². The number of methoxy groups -OCH3 is 1. The van der Waals surface area contributed by atoms with Crippen LogP contribution in [0.4, 0.5) is 0 Å². The molecule has 1 aromatic carbocycles. The second-order valence-corrected chi connectivity index (χ2v) is 5.29. The minimum absolute atomic E-state index is 0.00785. The molecule has 1 aromatic rings. The molecular weight excluding hydrogens is 318 g/mol. The average Bonchev–Trinajstić information content (AvgIpc) is 2.53. The molecule has 1 atom stereocenters. The van der Waals surface area contributed by atoms with Crippen LogP contribution in [0.3, 0.4) is 0 Å². The lowest BCUT2D eigenvalue weighted by Gasteiger charge is -2.34. The summed E-state index contributed by atoms with van der Waals surface area (Å²) in [4.78, 5) is 12.3. The van der Waals surface area contributed by atoms with Crippen molar-refractivity contribution in [2.24, 2.45) is 5.84 Å². The van der Waals surface area contributed by atoms with Crippen molar-refractivity contribution in [1.29, 1.82) is 0 Å². The summed E-state index contributed by atoms with van der Waals surface area (Å²) in [5.41, 5.74) is 1.55. The molecule has 1 aliphatic heterocycles. The standard InChI is InChI=1S/C15H19N3O4S/c1-4-22-14(20)12-8(2)18(16)15(23)17-13(12)9-5-6-10(19)11(7-9)21-3/h5-7,13,19H,4,16H2,1-3H3,(H,17,23)/t13-/m0/s1. The zero-order valence-corrected chi connectivity index (χ0v) is 13.9. The monoisotopic (exact) mass is 337 g/mol. The van der Waals surface area contributed by atoms with E-state index in [9.17, 15) is 9.90 Å². The highest BCUT2D eigenvalue weighted by Gasteiger charge is 2.34. The third kappa shape index (κ3) is 3.22. The van der Waals surface area contributed by atoms with E-state index in [1.165, 1.54) is 18.2 Å². The van der Waals surface area contributed by atoms with Crippen molar-refractivity contribution in [2.45, 2.75) is 19.9 Å². The molecule has 4 N–H and O–H groups in total. The number of esters is 1. The number of hydrazine groups is 1. The molecule has 7 nitrogen and oxygen atoms in total. The molecule has 0 aliphatic carbocycles. The Morgan fingerprint density at radius 2 is 2.22 bits per heavy atom. The minimum Gasteiger partial charge on any atom is -0.504 e. The van der Waals surface area contributed by atoms with Gasteiger partial charge in [-0.2, -0.15) is 0 Å². The number of nitrogens with two attached hydrogens (primary N) is 1. The van der Waals surface area contributed by atoms with E-state index in [1.807, 2.05) is 0 Å². The Morgan fingerprint density at radius 3 is 2.83 bits per heavy atom. The van der Waals surface area contributed by atoms with E-state index in [-0.39, 0.29) is 17.5 Å². The number of ether oxygens (including phenoxy) is 2. The topological polar surface area (TPSA) is 97.1 Å². The van der Waals surface area contributed by atoms with Crippen molar-refractivity contribution in [3.63, 3.8) is 0 Å². The summed E-state index contributed by atoms with van der Waals surface area (Å²) in [7, 11) is 1.45. The molecule has 0 unspecified atom stereocenters. The van der Waals surface area contributed by atoms with E-state index >= 15 is 0 Å². The number of hydrogen-bond acceptors (Lipinski definition) is 6. The van der Waals surface area contributed by atoms with E-state index in [4.69, 9.17) is 27.5 Å². The first-order valence-electron chi connectivity index (χ1n) is 7.00. The first-order chi connectivity index (χ1) is 10.9. The van der Waals surface area contributed by atoms with Crippen LogP contribution < -0.4 is 15.9 Å². The van der Waals surface area contributed by atoms with Gasteiger partial charge >= 0.3 is 5.97 Å². The van der Waals surface area contributed by atoms with E-state index in [0.29, 0.717) is 22.6 Å². The van der Waals surface area contributed by atoms with Crippen LogP contribution >= 0.6 is 12.2 Å². The molecule has 8 heteroatoms. The molecular formula is C15H19N3O4S. The van der Waals surface area contributed by atoms with Crippen molar-refractivity contribution in [1.82, 2.24) is 10.3 Å². The van der Waals surface area contributed by atoms with E-state index in [2.05, 4.69) is 5.32 Å². The third-order valence-corrected chi connectivity index (χ3v) is 3.87. The maximum atomic E-state index is 12.3. The molecule has 0 aromatic heterocycles. The maximum absolute atomic E-state index is 12.3. The number of rotatable bonds is 4. The fourth-order valence-corrected chi connectivity index (χ4v) is 2.61. The quantitative estimate of drug-likeness (QED) is 0.430. The lowest BCUT2D eigenvalue weighted by Crippen LogP contribution is -2.50. The van der Waals surface area contributed by atoms with Gasteiger partial charge in [-0.25, -0.2) is 10.6 Å². The van der Waals surface area contributed by atoms with Gasteiger partial charge in [-0.1, -0.05) is 6.07 Å². The molecule has 0 fully saturated rings. The van der Waals surface area contributed by atoms with Crippen LogP contribution in [0, 0.1) is 0 Å². The second kappa shape index (κ2) is 6.84. The molecule has 0 radical (unpaired) electrons. The van der Waals surface area contributed by atoms with E-state index in [0.717, 1.165) is 0 Å². The van der Waals surface area contributed by atoms with Gasteiger partial charge < -0.3 is 19.9 Å². The predicted octanol–water partition coefficient (Wildman–Crippen LogP) is 1.34. The van der Waals surface area contributed by atoms with Crippen LogP contribution in [0.25, 0.3) is 0 Å². The Labute approximate surface area is 139 Å². The Balaban J connectivity index is 2.53. The summed E-state index contributed by atoms with van der Waals surface area (Å²) in [5.74, 6) is 5.69. The summed E-state index contributed by atoms with van der Waals surface area (Å²) in [5, 5.41) is 14.3. The molecule has 23 heavy (non-hydrogen) atoms. The normalized spacial score (nSPS) is 17.8. The number of hydrogen-bond donors (Lipinski definition) is 3. The first-order valence-corrected chi connectivity index (χ1v) is 7.41. The van der Waals surface area contributed by atoms with Gasteiger partial charge in [0, 0.05) is 5.70 Å². The van der Waals surface area contributed by atoms with Crippen molar-refractivity contribution in [2.75, 3.05) is 13.7 Å². The number of phenolic OH excluding ortho intramolecular Hbond substituents is 1. The summed E-state index contributed by atoms with van der Waals surface area (Å²) in [6.45, 7) is 3.67. The Hall–Kier alpha value is -2.32. The number of allylic oxidation sites excluding steroid dienone is 1. The van der Waals surface area contributed by atoms with Crippen molar-refractivity contribution in [3.05, 3.63) is 35.0 Å². The molecule has 0 amide bonds. The zero-order chi connectivity index (χ0) is 17.1. The zero-order valence-electron chi connectivity index (χ0n) is 13.1. The van der Waals surface area contributed by atoms with Gasteiger partial charge in [-0.05, 0) is 43.8 Å². The van der Waals surface area contributed by atoms with Gasteiger partial charge in [-0.3, -0.25) is 5.01 Å². The van der Waals surface area contributed by atoms with Crippen LogP contribution in [0.15, 0.2) is 29.5 Å². The predicted molar refractivity (Wildman–Crippen MR) is 88.5 cm³/mol. The second-order valence-electron chi connectivity index (χ2n) is 4.90. The number of phenols is 1. The minimum atomic E-state index is -0.546. The SMILES string of the molecule is CCOC(=O)C1=C(C)N(N)C(=S)N[C@H]1c1ccc(O)c(OC)c1. The van der Waals surface area contributed by atoms with Crippen LogP contribution in [-0.4, -0.2) is 34.9 Å². The number of carbonyl (C=O) groups excluding carboxylic acids is 1. The maximum Gasteiger partial charge on any atom is 0.338 e. The molecule has 0 saturated heterocycles. The molecule has 124 valence electrons. The summed E-state index contributed by atoms with van der Waals surface area (Å²) >= 11 is 5.20. The smallest absolute Gasteiger partial charge is 0.338 e. The summed E-state index contributed by atoms with van der Waals surface area (Å²) in [6.07, 6.45) is 0. The molecule has 0 saturated carbocycles. The molecule has 2 rings (SSSR count). The van der Waals surface area contributed by atoms with Gasteiger partial charge in [0.1, 0.15) is 0 Å². The molecule has 1 heterocycles. The van der Waals surface area contributed by atoms with Gasteiger partial charge in [0.25, 0.3) is 0 Å². The highest BCUT2D eigenvalue weighted by atomic mass is 32.1. The lowest BCUT2D eigenvalue weighted by atomic mass is 9.95. The Kier molecular flexibility index (Phi) is 5.07. The molecule has 0 spiro atoms. The van der Waals surface area contributed by atoms with Gasteiger partial charge in [0.05, 0.1) is 25.3 Å². The number of thiocarbonyl (C=S) groups is 1. The fourth-order valence-electron chi connectivity index (χ4n) is 2.35. The fraction of sp³-hybridized carbons (Fsp3) is 0.333. The van der Waals surface area contributed by atoms with Gasteiger partial charge in [0.2, 0.25) is 0 Å². The van der Waals surface area contributed by atoms with Crippen LogP contribution in [0.2, 0.25) is 0 Å². The van der Waals surface area contributed by atoms with Crippen molar-refractivity contribution >= 4 is 23.3 Å². The van der Waals surface area contributed by atoms with Gasteiger partial charge in [-0.15, -0.1) is 0 Å². The Bertz CT molecular complexity index is 675. The lowest BCUT2D eigenvalue weighted by molar-refractivity contribution is -0.139. The highest BCUT2D eigenvalue weighted by molar-refractivity contribution is 7.80. The first kappa shape index (κ1) is 17.0. The number of nitrogens with one attached hydrogen (secondary N) is 1. The number of aromatic hydroxyl groups is 1.